The Morgan fingerprint density at radius 3 is 2.58 bits per heavy atom. The van der Waals surface area contributed by atoms with Crippen LogP contribution in [0, 0.1) is 5.82 Å². The van der Waals surface area contributed by atoms with Gasteiger partial charge in [0.25, 0.3) is 0 Å². The zero-order valence-electron chi connectivity index (χ0n) is 15.5. The first-order chi connectivity index (χ1) is 12.3. The van der Waals surface area contributed by atoms with Crippen LogP contribution < -0.4 is 10.1 Å². The summed E-state index contributed by atoms with van der Waals surface area (Å²) < 4.78 is 19.1. The van der Waals surface area contributed by atoms with Crippen LogP contribution in [-0.2, 0) is 11.3 Å². The molecule has 0 spiro atoms. The van der Waals surface area contributed by atoms with Crippen LogP contribution in [0.4, 0.5) is 4.39 Å². The Kier molecular flexibility index (Phi) is 5.28. The lowest BCUT2D eigenvalue weighted by molar-refractivity contribution is -0.128. The molecule has 4 nitrogen and oxygen atoms in total. The number of nitrogens with zero attached hydrogens (tertiary/aromatic N) is 1. The molecular formula is C21H25FN2O2. The van der Waals surface area contributed by atoms with Crippen LogP contribution in [0.15, 0.2) is 48.5 Å². The Bertz CT molecular complexity index is 768. The highest BCUT2D eigenvalue weighted by molar-refractivity contribution is 5.84. The number of nitrogens with one attached hydrogen (secondary N) is 1. The van der Waals surface area contributed by atoms with Gasteiger partial charge in [-0.1, -0.05) is 30.3 Å². The number of para-hydroxylation sites is 1. The standard InChI is InChI=1S/C21H25FN2O2/c1-21(2,3)23-20(25)19-17-6-4-5-7-18(17)26-13-12-24(19)14-15-8-10-16(22)11-9-15/h4-11,19H,12-14H2,1-3H3,(H,23,25). The largest absolute Gasteiger partial charge is 0.492 e. The van der Waals surface area contributed by atoms with Gasteiger partial charge in [-0.15, -0.1) is 0 Å². The van der Waals surface area contributed by atoms with Crippen molar-refractivity contribution in [1.82, 2.24) is 10.2 Å². The molecule has 0 aliphatic carbocycles. The summed E-state index contributed by atoms with van der Waals surface area (Å²) in [6.07, 6.45) is 0. The third-order valence-electron chi connectivity index (χ3n) is 4.26. The summed E-state index contributed by atoms with van der Waals surface area (Å²) in [6, 6.07) is 13.6. The van der Waals surface area contributed by atoms with Gasteiger partial charge >= 0.3 is 0 Å². The summed E-state index contributed by atoms with van der Waals surface area (Å²) in [6.45, 7) is 7.54. The highest BCUT2D eigenvalue weighted by atomic mass is 19.1. The van der Waals surface area contributed by atoms with E-state index in [2.05, 4.69) is 10.2 Å². The van der Waals surface area contributed by atoms with Crippen molar-refractivity contribution < 1.29 is 13.9 Å². The molecule has 2 aromatic carbocycles. The molecule has 0 radical (unpaired) electrons. The quantitative estimate of drug-likeness (QED) is 0.912. The van der Waals surface area contributed by atoms with E-state index in [1.54, 1.807) is 12.1 Å². The summed E-state index contributed by atoms with van der Waals surface area (Å²) in [5.41, 5.74) is 1.48. The molecule has 0 saturated carbocycles. The summed E-state index contributed by atoms with van der Waals surface area (Å²) in [7, 11) is 0. The Labute approximate surface area is 154 Å². The maximum absolute atomic E-state index is 13.2. The Morgan fingerprint density at radius 1 is 1.19 bits per heavy atom. The molecule has 1 N–H and O–H groups in total. The maximum Gasteiger partial charge on any atom is 0.242 e. The number of carbonyl (C=O) groups is 1. The first kappa shape index (κ1) is 18.4. The topological polar surface area (TPSA) is 41.6 Å². The van der Waals surface area contributed by atoms with E-state index >= 15 is 0 Å². The van der Waals surface area contributed by atoms with Crippen molar-refractivity contribution in [2.75, 3.05) is 13.2 Å². The SMILES string of the molecule is CC(C)(C)NC(=O)C1c2ccccc2OCCN1Cc1ccc(F)cc1. The summed E-state index contributed by atoms with van der Waals surface area (Å²) >= 11 is 0. The van der Waals surface area contributed by atoms with E-state index in [4.69, 9.17) is 4.74 Å². The van der Waals surface area contributed by atoms with Crippen molar-refractivity contribution in [2.24, 2.45) is 0 Å². The first-order valence-electron chi connectivity index (χ1n) is 8.86. The van der Waals surface area contributed by atoms with Crippen LogP contribution >= 0.6 is 0 Å². The number of carbonyl (C=O) groups excluding carboxylic acids is 1. The number of hydrogen-bond acceptors (Lipinski definition) is 3. The molecule has 0 saturated heterocycles. The number of ether oxygens (including phenoxy) is 1. The van der Waals surface area contributed by atoms with Crippen LogP contribution in [0.2, 0.25) is 0 Å². The molecule has 1 amide bonds. The van der Waals surface area contributed by atoms with E-state index in [0.29, 0.717) is 19.7 Å². The molecule has 26 heavy (non-hydrogen) atoms. The fourth-order valence-electron chi connectivity index (χ4n) is 3.18. The average molecular weight is 356 g/mol. The summed E-state index contributed by atoms with van der Waals surface area (Å²) in [5, 5.41) is 3.09. The van der Waals surface area contributed by atoms with Gasteiger partial charge < -0.3 is 10.1 Å². The van der Waals surface area contributed by atoms with Gasteiger partial charge in [-0.05, 0) is 44.5 Å². The first-order valence-corrected chi connectivity index (χ1v) is 8.86. The molecule has 5 heteroatoms. The second kappa shape index (κ2) is 7.46. The third-order valence-corrected chi connectivity index (χ3v) is 4.26. The molecule has 1 atom stereocenters. The molecule has 1 aliphatic rings. The van der Waals surface area contributed by atoms with Gasteiger partial charge in [-0.25, -0.2) is 4.39 Å². The van der Waals surface area contributed by atoms with E-state index in [0.717, 1.165) is 16.9 Å². The minimum absolute atomic E-state index is 0.0578. The van der Waals surface area contributed by atoms with Crippen LogP contribution in [0.3, 0.4) is 0 Å². The lowest BCUT2D eigenvalue weighted by Gasteiger charge is -2.32. The molecule has 0 bridgehead atoms. The van der Waals surface area contributed by atoms with Crippen molar-refractivity contribution in [3.05, 3.63) is 65.5 Å². The van der Waals surface area contributed by atoms with Gasteiger partial charge in [0.2, 0.25) is 5.91 Å². The smallest absolute Gasteiger partial charge is 0.242 e. The van der Waals surface area contributed by atoms with Gasteiger partial charge in [-0.3, -0.25) is 9.69 Å². The van der Waals surface area contributed by atoms with Gasteiger partial charge in [0, 0.05) is 24.2 Å². The van der Waals surface area contributed by atoms with E-state index < -0.39 is 6.04 Å². The molecule has 0 fully saturated rings. The molecule has 138 valence electrons. The second-order valence-corrected chi connectivity index (χ2v) is 7.63. The minimum atomic E-state index is -0.460. The molecule has 2 aromatic rings. The predicted octanol–water partition coefficient (Wildman–Crippen LogP) is 3.68. The Balaban J connectivity index is 1.94. The Morgan fingerprint density at radius 2 is 1.88 bits per heavy atom. The zero-order chi connectivity index (χ0) is 18.7. The number of benzene rings is 2. The van der Waals surface area contributed by atoms with Crippen molar-refractivity contribution in [2.45, 2.75) is 38.9 Å². The fourth-order valence-corrected chi connectivity index (χ4v) is 3.18. The minimum Gasteiger partial charge on any atom is -0.492 e. The van der Waals surface area contributed by atoms with Crippen molar-refractivity contribution >= 4 is 5.91 Å². The lowest BCUT2D eigenvalue weighted by atomic mass is 10.0. The van der Waals surface area contributed by atoms with E-state index in [9.17, 15) is 9.18 Å². The summed E-state index contributed by atoms with van der Waals surface area (Å²) in [5.74, 6) is 0.418. The number of rotatable bonds is 3. The number of halogens is 1. The fraction of sp³-hybridized carbons (Fsp3) is 0.381. The van der Waals surface area contributed by atoms with E-state index in [1.165, 1.54) is 12.1 Å². The molecule has 3 rings (SSSR count). The van der Waals surface area contributed by atoms with Crippen LogP contribution in [-0.4, -0.2) is 29.5 Å². The maximum atomic E-state index is 13.2. The molecule has 1 aliphatic heterocycles. The average Bonchev–Trinajstić information content (AvgIpc) is 2.74. The van der Waals surface area contributed by atoms with Crippen LogP contribution in [0.25, 0.3) is 0 Å². The monoisotopic (exact) mass is 356 g/mol. The van der Waals surface area contributed by atoms with Crippen molar-refractivity contribution in [1.29, 1.82) is 0 Å². The number of amides is 1. The number of fused-ring (bicyclic) bond motifs is 1. The molecule has 1 unspecified atom stereocenters. The lowest BCUT2D eigenvalue weighted by Crippen LogP contribution is -2.47. The highest BCUT2D eigenvalue weighted by Crippen LogP contribution is 2.33. The van der Waals surface area contributed by atoms with Gasteiger partial charge in [-0.2, -0.15) is 0 Å². The summed E-state index contributed by atoms with van der Waals surface area (Å²) in [4.78, 5) is 15.2. The van der Waals surface area contributed by atoms with Crippen molar-refractivity contribution in [3.63, 3.8) is 0 Å². The van der Waals surface area contributed by atoms with Crippen LogP contribution in [0.1, 0.15) is 37.9 Å². The highest BCUT2D eigenvalue weighted by Gasteiger charge is 2.33. The molecular weight excluding hydrogens is 331 g/mol. The predicted molar refractivity (Wildman–Crippen MR) is 99.4 cm³/mol. The zero-order valence-corrected chi connectivity index (χ0v) is 15.5. The van der Waals surface area contributed by atoms with E-state index in [-0.39, 0.29) is 17.3 Å². The van der Waals surface area contributed by atoms with Gasteiger partial charge in [0.05, 0.1) is 0 Å². The van der Waals surface area contributed by atoms with Gasteiger partial charge in [0.15, 0.2) is 0 Å². The van der Waals surface area contributed by atoms with E-state index in [1.807, 2.05) is 45.0 Å². The Hall–Kier alpha value is -2.40. The third kappa shape index (κ3) is 4.41. The second-order valence-electron chi connectivity index (χ2n) is 7.63. The number of hydrogen-bond donors (Lipinski definition) is 1. The van der Waals surface area contributed by atoms with Crippen molar-refractivity contribution in [3.8, 4) is 5.75 Å². The van der Waals surface area contributed by atoms with Gasteiger partial charge in [0.1, 0.15) is 24.2 Å². The normalized spacial score (nSPS) is 17.8. The van der Waals surface area contributed by atoms with Crippen LogP contribution in [0.5, 0.6) is 5.75 Å². The molecule has 0 aromatic heterocycles. The molecule has 1 heterocycles.